The lowest BCUT2D eigenvalue weighted by molar-refractivity contribution is -0.112. The van der Waals surface area contributed by atoms with Crippen LogP contribution in [0.2, 0.25) is 0 Å². The fourth-order valence-electron chi connectivity index (χ4n) is 2.89. The zero-order valence-electron chi connectivity index (χ0n) is 18.8. The average Bonchev–Trinajstić information content (AvgIpc) is 3.21. The number of methoxy groups -OCH3 is 1. The number of aromatic nitrogens is 2. The number of carbonyl (C=O) groups excluding carboxylic acids is 1. The molecule has 1 N–H and O–H groups in total. The molecule has 0 spiro atoms. The van der Waals surface area contributed by atoms with Crippen LogP contribution in [0.4, 0.5) is 5.13 Å². The number of nitriles is 1. The number of amides is 1. The molecule has 0 aliphatic heterocycles. The number of ether oxygens (including phenoxy) is 3. The van der Waals surface area contributed by atoms with Crippen LogP contribution in [0.15, 0.2) is 42.0 Å². The molecule has 0 saturated heterocycles. The summed E-state index contributed by atoms with van der Waals surface area (Å²) in [5.41, 5.74) is 2.74. The van der Waals surface area contributed by atoms with Crippen LogP contribution in [-0.4, -0.2) is 36.4 Å². The van der Waals surface area contributed by atoms with E-state index < -0.39 is 5.91 Å². The Labute approximate surface area is 196 Å². The maximum atomic E-state index is 12.4. The van der Waals surface area contributed by atoms with Gasteiger partial charge in [-0.2, -0.15) is 5.26 Å². The molecule has 0 aliphatic carbocycles. The van der Waals surface area contributed by atoms with Crippen molar-refractivity contribution in [1.82, 2.24) is 10.2 Å². The third-order valence-corrected chi connectivity index (χ3v) is 5.31. The van der Waals surface area contributed by atoms with Crippen molar-refractivity contribution in [1.29, 1.82) is 5.26 Å². The third-order valence-electron chi connectivity index (χ3n) is 4.55. The van der Waals surface area contributed by atoms with Crippen molar-refractivity contribution < 1.29 is 19.0 Å². The van der Waals surface area contributed by atoms with Gasteiger partial charge in [-0.1, -0.05) is 29.5 Å². The number of nitrogens with one attached hydrogen (secondary N) is 1. The fraction of sp³-hybridized carbons (Fsp3) is 0.250. The van der Waals surface area contributed by atoms with Gasteiger partial charge in [0, 0.05) is 0 Å². The SMILES string of the molecule is COc1cc(/C=C(/C#N)C(=O)Nc2nnc(C)s2)ccc1OCCOc1cc(C)ccc1C. The lowest BCUT2D eigenvalue weighted by Crippen LogP contribution is -2.13. The van der Waals surface area contributed by atoms with Gasteiger partial charge in [0.25, 0.3) is 5.91 Å². The number of nitrogens with zero attached hydrogens (tertiary/aromatic N) is 3. The highest BCUT2D eigenvalue weighted by atomic mass is 32.1. The summed E-state index contributed by atoms with van der Waals surface area (Å²) in [6, 6.07) is 13.1. The molecule has 1 heterocycles. The Balaban J connectivity index is 1.63. The molecule has 170 valence electrons. The first kappa shape index (κ1) is 23.8. The van der Waals surface area contributed by atoms with Gasteiger partial charge in [0.15, 0.2) is 11.5 Å². The highest BCUT2D eigenvalue weighted by Gasteiger charge is 2.13. The Bertz CT molecular complexity index is 1210. The summed E-state index contributed by atoms with van der Waals surface area (Å²) in [5, 5.41) is 20.7. The second-order valence-corrected chi connectivity index (χ2v) is 8.31. The minimum absolute atomic E-state index is 0.0690. The van der Waals surface area contributed by atoms with E-state index in [4.69, 9.17) is 14.2 Å². The summed E-state index contributed by atoms with van der Waals surface area (Å²) in [6.07, 6.45) is 1.47. The molecular weight excluding hydrogens is 440 g/mol. The van der Waals surface area contributed by atoms with E-state index in [1.54, 1.807) is 25.1 Å². The fourth-order valence-corrected chi connectivity index (χ4v) is 3.47. The predicted octanol–water partition coefficient (Wildman–Crippen LogP) is 4.48. The van der Waals surface area contributed by atoms with Gasteiger partial charge in [0.1, 0.15) is 35.6 Å². The van der Waals surface area contributed by atoms with Crippen molar-refractivity contribution in [2.45, 2.75) is 20.8 Å². The van der Waals surface area contributed by atoms with Gasteiger partial charge < -0.3 is 14.2 Å². The molecule has 0 bridgehead atoms. The number of hydrogen-bond acceptors (Lipinski definition) is 8. The summed E-state index contributed by atoms with van der Waals surface area (Å²) < 4.78 is 17.0. The third kappa shape index (κ3) is 6.54. The van der Waals surface area contributed by atoms with Crippen LogP contribution < -0.4 is 19.5 Å². The number of carbonyl (C=O) groups is 1. The van der Waals surface area contributed by atoms with Gasteiger partial charge >= 0.3 is 0 Å². The summed E-state index contributed by atoms with van der Waals surface area (Å²) in [4.78, 5) is 12.4. The van der Waals surface area contributed by atoms with E-state index >= 15 is 0 Å². The minimum Gasteiger partial charge on any atom is -0.493 e. The lowest BCUT2D eigenvalue weighted by Gasteiger charge is -2.13. The average molecular weight is 465 g/mol. The number of rotatable bonds is 9. The Morgan fingerprint density at radius 1 is 1.06 bits per heavy atom. The van der Waals surface area contributed by atoms with Crippen LogP contribution in [0.25, 0.3) is 6.08 Å². The monoisotopic (exact) mass is 464 g/mol. The van der Waals surface area contributed by atoms with Crippen molar-refractivity contribution in [2.24, 2.45) is 0 Å². The maximum absolute atomic E-state index is 12.4. The van der Waals surface area contributed by atoms with Crippen molar-refractivity contribution in [3.05, 3.63) is 63.7 Å². The van der Waals surface area contributed by atoms with Gasteiger partial charge in [-0.25, -0.2) is 0 Å². The zero-order valence-corrected chi connectivity index (χ0v) is 19.7. The number of benzene rings is 2. The Hall–Kier alpha value is -3.90. The largest absolute Gasteiger partial charge is 0.493 e. The quantitative estimate of drug-likeness (QED) is 0.283. The Morgan fingerprint density at radius 3 is 2.48 bits per heavy atom. The number of anilines is 1. The molecule has 1 amide bonds. The molecule has 0 saturated carbocycles. The molecule has 0 aliphatic rings. The van der Waals surface area contributed by atoms with E-state index in [9.17, 15) is 10.1 Å². The van der Waals surface area contributed by atoms with Gasteiger partial charge in [0.2, 0.25) is 5.13 Å². The summed E-state index contributed by atoms with van der Waals surface area (Å²) in [7, 11) is 1.53. The number of hydrogen-bond donors (Lipinski definition) is 1. The van der Waals surface area contributed by atoms with Gasteiger partial charge in [-0.05, 0) is 61.7 Å². The molecular formula is C24H24N4O4S. The minimum atomic E-state index is -0.559. The van der Waals surface area contributed by atoms with Crippen molar-refractivity contribution in [2.75, 3.05) is 25.6 Å². The van der Waals surface area contributed by atoms with E-state index in [1.165, 1.54) is 24.5 Å². The molecule has 3 rings (SSSR count). The van der Waals surface area contributed by atoms with E-state index in [0.717, 1.165) is 16.9 Å². The van der Waals surface area contributed by atoms with Crippen LogP contribution in [0.1, 0.15) is 21.7 Å². The van der Waals surface area contributed by atoms with Crippen LogP contribution in [0, 0.1) is 32.1 Å². The first-order chi connectivity index (χ1) is 15.9. The normalized spacial score (nSPS) is 10.9. The second kappa shape index (κ2) is 11.1. The lowest BCUT2D eigenvalue weighted by atomic mass is 10.1. The van der Waals surface area contributed by atoms with Crippen LogP contribution in [0.5, 0.6) is 17.2 Å². The van der Waals surface area contributed by atoms with Gasteiger partial charge in [-0.15, -0.1) is 10.2 Å². The van der Waals surface area contributed by atoms with E-state index in [1.807, 2.05) is 38.1 Å². The molecule has 9 heteroatoms. The first-order valence-electron chi connectivity index (χ1n) is 10.1. The summed E-state index contributed by atoms with van der Waals surface area (Å²) >= 11 is 1.23. The number of aryl methyl sites for hydroxylation is 3. The van der Waals surface area contributed by atoms with Gasteiger partial charge in [0.05, 0.1) is 7.11 Å². The van der Waals surface area contributed by atoms with E-state index in [0.29, 0.717) is 40.4 Å². The molecule has 0 radical (unpaired) electrons. The molecule has 0 fully saturated rings. The summed E-state index contributed by atoms with van der Waals surface area (Å²) in [5.74, 6) is 1.29. The van der Waals surface area contributed by atoms with Crippen LogP contribution >= 0.6 is 11.3 Å². The second-order valence-electron chi connectivity index (χ2n) is 7.13. The topological polar surface area (TPSA) is 106 Å². The smallest absolute Gasteiger partial charge is 0.268 e. The van der Waals surface area contributed by atoms with Crippen molar-refractivity contribution in [3.8, 4) is 23.3 Å². The van der Waals surface area contributed by atoms with Gasteiger partial charge in [-0.3, -0.25) is 10.1 Å². The van der Waals surface area contributed by atoms with Crippen molar-refractivity contribution >= 4 is 28.5 Å². The first-order valence-corrected chi connectivity index (χ1v) is 11.0. The molecule has 33 heavy (non-hydrogen) atoms. The molecule has 3 aromatic rings. The molecule has 0 unspecified atom stereocenters. The zero-order chi connectivity index (χ0) is 23.8. The Morgan fingerprint density at radius 2 is 1.82 bits per heavy atom. The maximum Gasteiger partial charge on any atom is 0.268 e. The molecule has 1 aromatic heterocycles. The van der Waals surface area contributed by atoms with Crippen LogP contribution in [0.3, 0.4) is 0 Å². The standard InChI is InChI=1S/C24H24N4O4S/c1-15-5-6-16(2)21(11-15)32-10-9-31-20-8-7-18(13-22(20)30-4)12-19(14-25)23(29)26-24-28-27-17(3)33-24/h5-8,11-13H,9-10H2,1-4H3,(H,26,28,29)/b19-12-. The highest BCUT2D eigenvalue weighted by molar-refractivity contribution is 7.15. The molecule has 2 aromatic carbocycles. The molecule has 0 atom stereocenters. The molecule has 8 nitrogen and oxygen atoms in total. The summed E-state index contributed by atoms with van der Waals surface area (Å²) in [6.45, 7) is 6.49. The Kier molecular flexibility index (Phi) is 8.00. The van der Waals surface area contributed by atoms with E-state index in [-0.39, 0.29) is 5.57 Å². The van der Waals surface area contributed by atoms with E-state index in [2.05, 4.69) is 15.5 Å². The van der Waals surface area contributed by atoms with Crippen molar-refractivity contribution in [3.63, 3.8) is 0 Å². The highest BCUT2D eigenvalue weighted by Crippen LogP contribution is 2.29. The predicted molar refractivity (Wildman–Crippen MR) is 127 cm³/mol. The van der Waals surface area contributed by atoms with Crippen LogP contribution in [-0.2, 0) is 4.79 Å².